The van der Waals surface area contributed by atoms with Crippen LogP contribution in [0.15, 0.2) is 12.7 Å². The summed E-state index contributed by atoms with van der Waals surface area (Å²) in [6.07, 6.45) is 7.07. The van der Waals surface area contributed by atoms with Gasteiger partial charge in [-0.25, -0.2) is 4.39 Å². The van der Waals surface area contributed by atoms with Crippen LogP contribution in [0.25, 0.3) is 0 Å². The summed E-state index contributed by atoms with van der Waals surface area (Å²) in [5, 5.41) is 0. The summed E-state index contributed by atoms with van der Waals surface area (Å²) >= 11 is 0. The molecule has 1 fully saturated rings. The number of rotatable bonds is 2. The summed E-state index contributed by atoms with van der Waals surface area (Å²) in [7, 11) is -2.56. The zero-order chi connectivity index (χ0) is 9.73. The van der Waals surface area contributed by atoms with Crippen molar-refractivity contribution in [3.8, 4) is 0 Å². The fraction of sp³-hybridized carbons (Fsp3) is 0.800. The number of alkyl halides is 1. The first-order valence-electron chi connectivity index (χ1n) is 5.02. The minimum atomic E-state index is -2.56. The Hall–Kier alpha value is -0.100. The normalized spacial score (nSPS) is 36.2. The highest BCUT2D eigenvalue weighted by Crippen LogP contribution is 2.54. The first kappa shape index (κ1) is 11.0. The van der Waals surface area contributed by atoms with Gasteiger partial charge in [-0.1, -0.05) is 25.3 Å². The molecule has 1 nitrogen and oxygen atoms in total. The SMILES string of the molecule is C=CCP1(=O)CCCCCCC1F. The van der Waals surface area contributed by atoms with Crippen molar-refractivity contribution in [2.24, 2.45) is 0 Å². The lowest BCUT2D eigenvalue weighted by atomic mass is 10.2. The van der Waals surface area contributed by atoms with Gasteiger partial charge in [-0.3, -0.25) is 0 Å². The number of allylic oxidation sites excluding steroid dienone is 1. The van der Waals surface area contributed by atoms with Crippen molar-refractivity contribution in [1.29, 1.82) is 0 Å². The average Bonchev–Trinajstić information content (AvgIpc) is 2.09. The molecule has 1 heterocycles. The van der Waals surface area contributed by atoms with Gasteiger partial charge in [0.05, 0.1) is 0 Å². The van der Waals surface area contributed by atoms with Crippen LogP contribution < -0.4 is 0 Å². The minimum Gasteiger partial charge on any atom is -0.320 e. The van der Waals surface area contributed by atoms with E-state index in [1.807, 2.05) is 0 Å². The summed E-state index contributed by atoms with van der Waals surface area (Å²) < 4.78 is 25.6. The first-order chi connectivity index (χ1) is 6.19. The highest BCUT2D eigenvalue weighted by Gasteiger charge is 2.31. The Balaban J connectivity index is 2.65. The highest BCUT2D eigenvalue weighted by molar-refractivity contribution is 7.64. The van der Waals surface area contributed by atoms with Crippen LogP contribution in [-0.4, -0.2) is 18.2 Å². The van der Waals surface area contributed by atoms with Gasteiger partial charge in [0.25, 0.3) is 0 Å². The molecule has 0 aliphatic carbocycles. The van der Waals surface area contributed by atoms with Gasteiger partial charge in [-0.05, 0) is 12.8 Å². The van der Waals surface area contributed by atoms with Crippen LogP contribution in [0.3, 0.4) is 0 Å². The largest absolute Gasteiger partial charge is 0.320 e. The van der Waals surface area contributed by atoms with Gasteiger partial charge in [0, 0.05) is 12.3 Å². The van der Waals surface area contributed by atoms with E-state index in [1.54, 1.807) is 6.08 Å². The molecule has 1 aliphatic heterocycles. The molecular formula is C10H18FOP. The van der Waals surface area contributed by atoms with Crippen LogP contribution in [0.1, 0.15) is 32.1 Å². The molecule has 0 N–H and O–H groups in total. The van der Waals surface area contributed by atoms with Crippen LogP contribution in [0.4, 0.5) is 4.39 Å². The van der Waals surface area contributed by atoms with Gasteiger partial charge in [-0.15, -0.1) is 6.58 Å². The molecule has 76 valence electrons. The van der Waals surface area contributed by atoms with Gasteiger partial charge in [-0.2, -0.15) is 0 Å². The number of hydrogen-bond acceptors (Lipinski definition) is 1. The topological polar surface area (TPSA) is 17.1 Å². The molecule has 2 unspecified atom stereocenters. The van der Waals surface area contributed by atoms with E-state index in [0.29, 0.717) is 18.7 Å². The Labute approximate surface area is 79.8 Å². The summed E-state index contributed by atoms with van der Waals surface area (Å²) in [6.45, 7) is 3.55. The Morgan fingerprint density at radius 1 is 1.38 bits per heavy atom. The van der Waals surface area contributed by atoms with E-state index in [4.69, 9.17) is 0 Å². The molecule has 0 aromatic heterocycles. The molecule has 1 saturated heterocycles. The van der Waals surface area contributed by atoms with E-state index in [-0.39, 0.29) is 0 Å². The molecule has 0 aromatic rings. The Bertz CT molecular complexity index is 215. The fourth-order valence-corrected chi connectivity index (χ4v) is 4.39. The Kier molecular flexibility index (Phi) is 4.18. The zero-order valence-electron chi connectivity index (χ0n) is 8.04. The molecule has 1 aliphatic rings. The second-order valence-electron chi connectivity index (χ2n) is 3.78. The third-order valence-electron chi connectivity index (χ3n) is 2.68. The van der Waals surface area contributed by atoms with Crippen LogP contribution in [0.2, 0.25) is 0 Å². The molecule has 13 heavy (non-hydrogen) atoms. The van der Waals surface area contributed by atoms with Crippen molar-refractivity contribution in [3.63, 3.8) is 0 Å². The molecule has 0 saturated carbocycles. The first-order valence-corrected chi connectivity index (χ1v) is 7.16. The summed E-state index contributed by atoms with van der Waals surface area (Å²) in [6, 6.07) is 0. The maximum atomic E-state index is 13.5. The minimum absolute atomic E-state index is 0.383. The summed E-state index contributed by atoms with van der Waals surface area (Å²) in [5.41, 5.74) is 0. The Morgan fingerprint density at radius 3 is 2.77 bits per heavy atom. The van der Waals surface area contributed by atoms with Crippen molar-refractivity contribution in [1.82, 2.24) is 0 Å². The number of hydrogen-bond donors (Lipinski definition) is 0. The molecule has 2 atom stereocenters. The van der Waals surface area contributed by atoms with Gasteiger partial charge in [0.15, 0.2) is 5.91 Å². The van der Waals surface area contributed by atoms with Crippen molar-refractivity contribution in [2.45, 2.75) is 38.0 Å². The zero-order valence-corrected chi connectivity index (χ0v) is 8.94. The van der Waals surface area contributed by atoms with Crippen LogP contribution >= 0.6 is 7.14 Å². The third kappa shape index (κ3) is 2.95. The van der Waals surface area contributed by atoms with E-state index < -0.39 is 13.1 Å². The summed E-state index contributed by atoms with van der Waals surface area (Å²) in [5.74, 6) is -1.06. The Morgan fingerprint density at radius 2 is 2.08 bits per heavy atom. The molecule has 0 aromatic carbocycles. The molecule has 0 bridgehead atoms. The standard InChI is InChI=1S/C10H18FOP/c1-2-8-13(12)9-6-4-3-5-7-10(13)11/h2,10H,1,3-9H2. The number of halogens is 1. The van der Waals surface area contributed by atoms with Gasteiger partial charge >= 0.3 is 0 Å². The second-order valence-corrected chi connectivity index (χ2v) is 7.06. The third-order valence-corrected chi connectivity index (χ3v) is 5.91. The van der Waals surface area contributed by atoms with Crippen molar-refractivity contribution in [3.05, 3.63) is 12.7 Å². The van der Waals surface area contributed by atoms with E-state index in [2.05, 4.69) is 6.58 Å². The molecule has 3 heteroatoms. The van der Waals surface area contributed by atoms with E-state index in [1.165, 1.54) is 0 Å². The lowest BCUT2D eigenvalue weighted by Crippen LogP contribution is -2.10. The average molecular weight is 204 g/mol. The van der Waals surface area contributed by atoms with E-state index in [9.17, 15) is 8.96 Å². The second kappa shape index (κ2) is 4.95. The molecular weight excluding hydrogens is 186 g/mol. The maximum Gasteiger partial charge on any atom is 0.153 e. The van der Waals surface area contributed by atoms with Crippen molar-refractivity contribution in [2.75, 3.05) is 12.3 Å². The van der Waals surface area contributed by atoms with Gasteiger partial charge in [0.1, 0.15) is 7.14 Å². The van der Waals surface area contributed by atoms with Crippen LogP contribution in [0.5, 0.6) is 0 Å². The molecule has 0 radical (unpaired) electrons. The highest BCUT2D eigenvalue weighted by atomic mass is 31.2. The van der Waals surface area contributed by atoms with Gasteiger partial charge < -0.3 is 4.57 Å². The quantitative estimate of drug-likeness (QED) is 0.494. The predicted octanol–water partition coefficient (Wildman–Crippen LogP) is 3.80. The predicted molar refractivity (Wildman–Crippen MR) is 55.5 cm³/mol. The smallest absolute Gasteiger partial charge is 0.153 e. The van der Waals surface area contributed by atoms with E-state index >= 15 is 0 Å². The van der Waals surface area contributed by atoms with Gasteiger partial charge in [0.2, 0.25) is 0 Å². The summed E-state index contributed by atoms with van der Waals surface area (Å²) in [4.78, 5) is 0. The lowest BCUT2D eigenvalue weighted by Gasteiger charge is -2.23. The van der Waals surface area contributed by atoms with Crippen molar-refractivity contribution >= 4 is 7.14 Å². The fourth-order valence-electron chi connectivity index (χ4n) is 1.85. The maximum absolute atomic E-state index is 13.5. The van der Waals surface area contributed by atoms with Crippen LogP contribution in [0, 0.1) is 0 Å². The van der Waals surface area contributed by atoms with E-state index in [0.717, 1.165) is 25.7 Å². The molecule has 0 spiro atoms. The molecule has 0 amide bonds. The molecule has 1 rings (SSSR count). The monoisotopic (exact) mass is 204 g/mol. The van der Waals surface area contributed by atoms with Crippen LogP contribution in [-0.2, 0) is 4.57 Å². The lowest BCUT2D eigenvalue weighted by molar-refractivity contribution is 0.378. The van der Waals surface area contributed by atoms with Crippen molar-refractivity contribution < 1.29 is 8.96 Å².